The van der Waals surface area contributed by atoms with Crippen LogP contribution in [0.4, 0.5) is 5.69 Å². The van der Waals surface area contributed by atoms with E-state index in [0.29, 0.717) is 18.8 Å². The van der Waals surface area contributed by atoms with Crippen molar-refractivity contribution in [2.75, 3.05) is 25.5 Å². The maximum atomic E-state index is 12.2. The van der Waals surface area contributed by atoms with Gasteiger partial charge >= 0.3 is 0 Å². The van der Waals surface area contributed by atoms with Crippen molar-refractivity contribution >= 4 is 17.5 Å². The number of carbonyl (C=O) groups excluding carboxylic acids is 2. The number of rotatable bonds is 8. The lowest BCUT2D eigenvalue weighted by Gasteiger charge is -2.17. The van der Waals surface area contributed by atoms with Crippen LogP contribution in [0.15, 0.2) is 48.9 Å². The highest BCUT2D eigenvalue weighted by atomic mass is 16.5. The van der Waals surface area contributed by atoms with E-state index in [0.717, 1.165) is 11.9 Å². The molecule has 138 valence electrons. The van der Waals surface area contributed by atoms with Crippen molar-refractivity contribution in [1.82, 2.24) is 14.7 Å². The summed E-state index contributed by atoms with van der Waals surface area (Å²) in [6.07, 6.45) is 5.40. The molecule has 2 amide bonds. The zero-order chi connectivity index (χ0) is 18.9. The van der Waals surface area contributed by atoms with Gasteiger partial charge in [-0.1, -0.05) is 17.7 Å². The fraction of sp³-hybridized carbons (Fsp3) is 0.278. The molecule has 26 heavy (non-hydrogen) atoms. The molecule has 8 heteroatoms. The lowest BCUT2D eigenvalue weighted by molar-refractivity contribution is -0.131. The van der Waals surface area contributed by atoms with Crippen molar-refractivity contribution in [3.05, 3.63) is 54.5 Å². The minimum atomic E-state index is -0.358. The summed E-state index contributed by atoms with van der Waals surface area (Å²) in [5.41, 5.74) is 6.81. The van der Waals surface area contributed by atoms with E-state index in [1.54, 1.807) is 18.1 Å². The number of likely N-dealkylation sites (N-methyl/N-ethyl adjacent to an activating group) is 1. The van der Waals surface area contributed by atoms with Crippen molar-refractivity contribution in [1.29, 1.82) is 0 Å². The molecule has 0 unspecified atom stereocenters. The predicted octanol–water partition coefficient (Wildman–Crippen LogP) is 1.14. The van der Waals surface area contributed by atoms with Gasteiger partial charge in [-0.15, -0.1) is 0 Å². The van der Waals surface area contributed by atoms with E-state index >= 15 is 0 Å². The number of benzene rings is 1. The highest BCUT2D eigenvalue weighted by Crippen LogP contribution is 2.11. The number of aromatic nitrogens is 2. The molecule has 0 fully saturated rings. The van der Waals surface area contributed by atoms with Crippen LogP contribution in [0.2, 0.25) is 0 Å². The molecule has 1 aromatic heterocycles. The van der Waals surface area contributed by atoms with Gasteiger partial charge in [-0.25, -0.2) is 0 Å². The molecule has 0 aliphatic rings. The van der Waals surface area contributed by atoms with Gasteiger partial charge in [0.25, 0.3) is 0 Å². The Morgan fingerprint density at radius 2 is 2.08 bits per heavy atom. The molecule has 0 radical (unpaired) electrons. The number of ether oxygens (including phenoxy) is 1. The quantitative estimate of drug-likeness (QED) is 0.690. The van der Waals surface area contributed by atoms with Crippen LogP contribution in [-0.2, 0) is 16.1 Å². The Morgan fingerprint density at radius 1 is 1.35 bits per heavy atom. The number of nitrogens with one attached hydrogen (secondary N) is 1. The molecule has 0 saturated heterocycles. The largest absolute Gasteiger partial charge is 0.492 e. The second-order valence-electron chi connectivity index (χ2n) is 5.75. The van der Waals surface area contributed by atoms with E-state index < -0.39 is 0 Å². The summed E-state index contributed by atoms with van der Waals surface area (Å²) in [6.45, 7) is 2.94. The normalized spacial score (nSPS) is 10.7. The summed E-state index contributed by atoms with van der Waals surface area (Å²) >= 11 is 0. The molecule has 0 aliphatic carbocycles. The Bertz CT molecular complexity index is 767. The average Bonchev–Trinajstić information content (AvgIpc) is 3.03. The molecular weight excluding hydrogens is 334 g/mol. The second kappa shape index (κ2) is 9.26. The van der Waals surface area contributed by atoms with Gasteiger partial charge in [0.2, 0.25) is 11.8 Å². The van der Waals surface area contributed by atoms with Crippen LogP contribution in [0, 0.1) is 6.92 Å². The van der Waals surface area contributed by atoms with Crippen LogP contribution >= 0.6 is 0 Å². The Balaban J connectivity index is 1.77. The third-order valence-electron chi connectivity index (χ3n) is 3.59. The van der Waals surface area contributed by atoms with Crippen molar-refractivity contribution in [2.24, 2.45) is 5.73 Å². The predicted molar refractivity (Wildman–Crippen MR) is 98.5 cm³/mol. The van der Waals surface area contributed by atoms with Crippen molar-refractivity contribution in [3.63, 3.8) is 0 Å². The number of amides is 2. The van der Waals surface area contributed by atoms with Crippen LogP contribution in [0.3, 0.4) is 0 Å². The topological polar surface area (TPSA) is 102 Å². The van der Waals surface area contributed by atoms with Gasteiger partial charge in [-0.05, 0) is 25.3 Å². The van der Waals surface area contributed by atoms with Crippen LogP contribution in [-0.4, -0.2) is 46.7 Å². The summed E-state index contributed by atoms with van der Waals surface area (Å²) in [6, 6.07) is 7.75. The minimum absolute atomic E-state index is 0.0730. The van der Waals surface area contributed by atoms with Gasteiger partial charge in [0.15, 0.2) is 0 Å². The first-order valence-corrected chi connectivity index (χ1v) is 8.13. The van der Waals surface area contributed by atoms with E-state index in [1.807, 2.05) is 31.2 Å². The van der Waals surface area contributed by atoms with Gasteiger partial charge < -0.3 is 20.7 Å². The van der Waals surface area contributed by atoms with Crippen LogP contribution in [0.25, 0.3) is 0 Å². The van der Waals surface area contributed by atoms with E-state index in [9.17, 15) is 9.59 Å². The molecule has 8 nitrogen and oxygen atoms in total. The SMILES string of the molecule is Cc1ccc(OCCN(C)C(=O)Cn2cc(NC(=O)C=CN)cn2)cc1. The van der Waals surface area contributed by atoms with Crippen LogP contribution in [0.5, 0.6) is 5.75 Å². The molecule has 0 saturated carbocycles. The van der Waals surface area contributed by atoms with Gasteiger partial charge in [-0.2, -0.15) is 5.10 Å². The monoisotopic (exact) mass is 357 g/mol. The third kappa shape index (κ3) is 5.97. The van der Waals surface area contributed by atoms with Gasteiger partial charge in [0.05, 0.1) is 18.4 Å². The molecule has 0 aliphatic heterocycles. The van der Waals surface area contributed by atoms with Crippen molar-refractivity contribution in [3.8, 4) is 5.75 Å². The summed E-state index contributed by atoms with van der Waals surface area (Å²) in [5.74, 6) is 0.305. The number of hydrogen-bond acceptors (Lipinski definition) is 5. The first-order chi connectivity index (χ1) is 12.5. The first-order valence-electron chi connectivity index (χ1n) is 8.13. The number of nitrogens with two attached hydrogens (primary N) is 1. The maximum absolute atomic E-state index is 12.2. The second-order valence-corrected chi connectivity index (χ2v) is 5.75. The first kappa shape index (κ1) is 19.0. The molecule has 0 spiro atoms. The zero-order valence-corrected chi connectivity index (χ0v) is 14.9. The Labute approximate surface area is 152 Å². The number of nitrogens with zero attached hydrogens (tertiary/aromatic N) is 3. The Kier molecular flexibility index (Phi) is 6.78. The highest BCUT2D eigenvalue weighted by molar-refractivity contribution is 5.98. The summed E-state index contributed by atoms with van der Waals surface area (Å²) in [5, 5.41) is 6.64. The third-order valence-corrected chi connectivity index (χ3v) is 3.59. The summed E-state index contributed by atoms with van der Waals surface area (Å²) < 4.78 is 7.08. The zero-order valence-electron chi connectivity index (χ0n) is 14.9. The molecule has 0 atom stereocenters. The highest BCUT2D eigenvalue weighted by Gasteiger charge is 2.11. The maximum Gasteiger partial charge on any atom is 0.249 e. The standard InChI is InChI=1S/C18H23N5O3/c1-14-3-5-16(6-4-14)26-10-9-22(2)18(25)13-23-12-15(11-20-23)21-17(24)7-8-19/h3-8,11-12H,9-10,13,19H2,1-2H3,(H,21,24). The van der Waals surface area contributed by atoms with E-state index in [1.165, 1.54) is 22.5 Å². The van der Waals surface area contributed by atoms with Crippen LogP contribution in [0.1, 0.15) is 5.56 Å². The molecule has 1 heterocycles. The van der Waals surface area contributed by atoms with Crippen LogP contribution < -0.4 is 15.8 Å². The fourth-order valence-corrected chi connectivity index (χ4v) is 2.10. The minimum Gasteiger partial charge on any atom is -0.492 e. The number of anilines is 1. The van der Waals surface area contributed by atoms with E-state index in [4.69, 9.17) is 10.5 Å². The van der Waals surface area contributed by atoms with Crippen molar-refractivity contribution < 1.29 is 14.3 Å². The molecule has 2 aromatic rings. The fourth-order valence-electron chi connectivity index (χ4n) is 2.10. The number of aryl methyl sites for hydroxylation is 1. The average molecular weight is 357 g/mol. The number of carbonyl (C=O) groups is 2. The lowest BCUT2D eigenvalue weighted by Crippen LogP contribution is -2.33. The molecule has 2 rings (SSSR count). The lowest BCUT2D eigenvalue weighted by atomic mass is 10.2. The van der Waals surface area contributed by atoms with Gasteiger partial charge in [0.1, 0.15) is 18.9 Å². The Hall–Kier alpha value is -3.29. The van der Waals surface area contributed by atoms with Gasteiger partial charge in [0, 0.05) is 19.3 Å². The smallest absolute Gasteiger partial charge is 0.249 e. The number of hydrogen-bond donors (Lipinski definition) is 2. The van der Waals surface area contributed by atoms with Crippen molar-refractivity contribution in [2.45, 2.75) is 13.5 Å². The van der Waals surface area contributed by atoms with E-state index in [2.05, 4.69) is 10.4 Å². The Morgan fingerprint density at radius 3 is 2.77 bits per heavy atom. The molecule has 1 aromatic carbocycles. The molecule has 3 N–H and O–H groups in total. The summed E-state index contributed by atoms with van der Waals surface area (Å²) in [7, 11) is 1.71. The molecule has 0 bridgehead atoms. The summed E-state index contributed by atoms with van der Waals surface area (Å²) in [4.78, 5) is 25.2. The molecular formula is C18H23N5O3. The van der Waals surface area contributed by atoms with Gasteiger partial charge in [-0.3, -0.25) is 14.3 Å². The van der Waals surface area contributed by atoms with E-state index in [-0.39, 0.29) is 18.4 Å².